The first-order chi connectivity index (χ1) is 7.82. The van der Waals surface area contributed by atoms with Crippen molar-refractivity contribution < 1.29 is 18.8 Å². The number of ether oxygens (including phenoxy) is 2. The molecular weight excluding hydrogens is 239 g/mol. The molecule has 17 heavy (non-hydrogen) atoms. The standard InChI is InChI=1S/C12H24O4P/c1-9(2)6-15-11(5)17(14)8-12(13)16-7-10(3)4/h9-11H,6-8H2,1-5H3/q+1. The predicted octanol–water partition coefficient (Wildman–Crippen LogP) is 3.03. The minimum Gasteiger partial charge on any atom is -0.462 e. The Labute approximate surface area is 105 Å². The summed E-state index contributed by atoms with van der Waals surface area (Å²) in [6.07, 6.45) is -0.0543. The van der Waals surface area contributed by atoms with E-state index in [0.717, 1.165) is 0 Å². The summed E-state index contributed by atoms with van der Waals surface area (Å²) < 4.78 is 22.1. The van der Waals surface area contributed by atoms with Crippen LogP contribution in [0.5, 0.6) is 0 Å². The van der Waals surface area contributed by atoms with Gasteiger partial charge in [-0.25, -0.2) is 4.79 Å². The monoisotopic (exact) mass is 263 g/mol. The van der Waals surface area contributed by atoms with Gasteiger partial charge >= 0.3 is 13.8 Å². The van der Waals surface area contributed by atoms with Crippen molar-refractivity contribution in [3.05, 3.63) is 0 Å². The summed E-state index contributed by atoms with van der Waals surface area (Å²) in [6.45, 7) is 10.6. The molecule has 0 bridgehead atoms. The molecule has 0 N–H and O–H groups in total. The highest BCUT2D eigenvalue weighted by Gasteiger charge is 2.30. The summed E-state index contributed by atoms with van der Waals surface area (Å²) in [6, 6.07) is 0. The molecule has 0 aromatic rings. The molecule has 0 aliphatic rings. The summed E-state index contributed by atoms with van der Waals surface area (Å²) in [5.41, 5.74) is 0. The Morgan fingerprint density at radius 1 is 1.06 bits per heavy atom. The van der Waals surface area contributed by atoms with E-state index in [9.17, 15) is 9.36 Å². The van der Waals surface area contributed by atoms with Crippen LogP contribution in [0.2, 0.25) is 0 Å². The normalized spacial score (nSPS) is 13.9. The molecule has 0 aromatic carbocycles. The minimum absolute atomic E-state index is 0.0543. The molecule has 0 radical (unpaired) electrons. The zero-order valence-electron chi connectivity index (χ0n) is 11.4. The lowest BCUT2D eigenvalue weighted by atomic mass is 10.2. The SMILES string of the molecule is CC(C)COC(=O)C[P+](=O)C(C)OCC(C)C. The van der Waals surface area contributed by atoms with Crippen molar-refractivity contribution in [1.82, 2.24) is 0 Å². The largest absolute Gasteiger partial charge is 0.462 e. The van der Waals surface area contributed by atoms with Gasteiger partial charge in [-0.05, 0) is 11.8 Å². The highest BCUT2D eigenvalue weighted by atomic mass is 31.1. The molecule has 100 valence electrons. The van der Waals surface area contributed by atoms with Gasteiger partial charge < -0.3 is 9.47 Å². The molecule has 0 aromatic heterocycles. The second kappa shape index (κ2) is 8.60. The second-order valence-electron chi connectivity index (χ2n) is 4.98. The number of hydrogen-bond acceptors (Lipinski definition) is 4. The van der Waals surface area contributed by atoms with Gasteiger partial charge in [0.2, 0.25) is 6.16 Å². The zero-order valence-corrected chi connectivity index (χ0v) is 12.3. The molecule has 0 spiro atoms. The van der Waals surface area contributed by atoms with Crippen molar-refractivity contribution in [3.8, 4) is 0 Å². The van der Waals surface area contributed by atoms with Crippen molar-refractivity contribution in [3.63, 3.8) is 0 Å². The number of carbonyl (C=O) groups is 1. The molecule has 0 aliphatic carbocycles. The first-order valence-electron chi connectivity index (χ1n) is 6.04. The summed E-state index contributed by atoms with van der Waals surface area (Å²) in [5, 5.41) is 0. The van der Waals surface area contributed by atoms with Gasteiger partial charge in [0.05, 0.1) is 13.2 Å². The number of carbonyl (C=O) groups excluding carboxylic acids is 1. The van der Waals surface area contributed by atoms with Crippen molar-refractivity contribution in [2.45, 2.75) is 40.5 Å². The van der Waals surface area contributed by atoms with Gasteiger partial charge in [0, 0.05) is 6.92 Å². The predicted molar refractivity (Wildman–Crippen MR) is 68.5 cm³/mol. The van der Waals surface area contributed by atoms with Gasteiger partial charge in [0.15, 0.2) is 0 Å². The molecule has 5 heteroatoms. The molecule has 0 fully saturated rings. The number of esters is 1. The van der Waals surface area contributed by atoms with Crippen LogP contribution in [0.15, 0.2) is 0 Å². The summed E-state index contributed by atoms with van der Waals surface area (Å²) in [7, 11) is -1.69. The third kappa shape index (κ3) is 9.25. The van der Waals surface area contributed by atoms with E-state index in [4.69, 9.17) is 9.47 Å². The highest BCUT2D eigenvalue weighted by molar-refractivity contribution is 7.46. The Kier molecular flexibility index (Phi) is 8.36. The average molecular weight is 263 g/mol. The first-order valence-corrected chi connectivity index (χ1v) is 7.55. The topological polar surface area (TPSA) is 52.6 Å². The zero-order chi connectivity index (χ0) is 13.4. The second-order valence-corrected chi connectivity index (χ2v) is 6.86. The molecule has 2 unspecified atom stereocenters. The van der Waals surface area contributed by atoms with Crippen molar-refractivity contribution in [2.75, 3.05) is 19.4 Å². The van der Waals surface area contributed by atoms with Crippen molar-refractivity contribution in [2.24, 2.45) is 11.8 Å². The third-order valence-electron chi connectivity index (χ3n) is 1.94. The van der Waals surface area contributed by atoms with Gasteiger partial charge in [-0.1, -0.05) is 32.3 Å². The van der Waals surface area contributed by atoms with Crippen molar-refractivity contribution >= 4 is 13.8 Å². The van der Waals surface area contributed by atoms with Crippen LogP contribution in [-0.2, 0) is 18.8 Å². The quantitative estimate of drug-likeness (QED) is 0.499. The molecule has 2 atom stereocenters. The molecule has 0 aliphatic heterocycles. The Bertz CT molecular complexity index is 251. The molecule has 0 saturated heterocycles. The summed E-state index contributed by atoms with van der Waals surface area (Å²) in [5.74, 6) is -0.0982. The summed E-state index contributed by atoms with van der Waals surface area (Å²) >= 11 is 0. The molecule has 0 amide bonds. The number of hydrogen-bond donors (Lipinski definition) is 0. The van der Waals surface area contributed by atoms with Crippen LogP contribution in [0.25, 0.3) is 0 Å². The lowest BCUT2D eigenvalue weighted by molar-refractivity contribution is -0.141. The van der Waals surface area contributed by atoms with Gasteiger partial charge in [-0.3, -0.25) is 0 Å². The van der Waals surface area contributed by atoms with Crippen LogP contribution >= 0.6 is 7.80 Å². The Morgan fingerprint density at radius 2 is 1.59 bits per heavy atom. The van der Waals surface area contributed by atoms with Gasteiger partial charge in [-0.15, -0.1) is 0 Å². The Hall–Kier alpha value is -0.470. The Balaban J connectivity index is 3.86. The third-order valence-corrected chi connectivity index (χ3v) is 3.47. The maximum Gasteiger partial charge on any atom is 0.381 e. The van der Waals surface area contributed by atoms with Crippen molar-refractivity contribution in [1.29, 1.82) is 0 Å². The molecule has 0 saturated carbocycles. The molecule has 0 rings (SSSR count). The van der Waals surface area contributed by atoms with Crippen LogP contribution in [0.3, 0.4) is 0 Å². The summed E-state index contributed by atoms with van der Waals surface area (Å²) in [4.78, 5) is 11.3. The first kappa shape index (κ1) is 16.5. The molecule has 0 heterocycles. The van der Waals surface area contributed by atoms with Crippen LogP contribution < -0.4 is 0 Å². The van der Waals surface area contributed by atoms with E-state index in [0.29, 0.717) is 25.0 Å². The average Bonchev–Trinajstić information content (AvgIpc) is 2.22. The van der Waals surface area contributed by atoms with Crippen LogP contribution in [-0.4, -0.2) is 31.2 Å². The minimum atomic E-state index is -1.69. The van der Waals surface area contributed by atoms with Gasteiger partial charge in [0.1, 0.15) is 0 Å². The van der Waals surface area contributed by atoms with Gasteiger partial charge in [-0.2, -0.15) is 0 Å². The maximum atomic E-state index is 11.7. The van der Waals surface area contributed by atoms with Crippen LogP contribution in [0, 0.1) is 11.8 Å². The fourth-order valence-corrected chi connectivity index (χ4v) is 1.83. The van der Waals surface area contributed by atoms with E-state index >= 15 is 0 Å². The van der Waals surface area contributed by atoms with Crippen LogP contribution in [0.4, 0.5) is 0 Å². The highest BCUT2D eigenvalue weighted by Crippen LogP contribution is 2.28. The fraction of sp³-hybridized carbons (Fsp3) is 0.917. The molecule has 4 nitrogen and oxygen atoms in total. The van der Waals surface area contributed by atoms with Crippen LogP contribution in [0.1, 0.15) is 34.6 Å². The smallest absolute Gasteiger partial charge is 0.381 e. The lowest BCUT2D eigenvalue weighted by Crippen LogP contribution is -2.16. The van der Waals surface area contributed by atoms with E-state index in [2.05, 4.69) is 0 Å². The maximum absolute atomic E-state index is 11.7. The molecular formula is C12H24O4P+. The van der Waals surface area contributed by atoms with Gasteiger partial charge in [0.25, 0.3) is 5.85 Å². The fourth-order valence-electron chi connectivity index (χ4n) is 0.976. The Morgan fingerprint density at radius 3 is 2.06 bits per heavy atom. The van der Waals surface area contributed by atoms with E-state index in [1.807, 2.05) is 27.7 Å². The number of rotatable bonds is 8. The lowest BCUT2D eigenvalue weighted by Gasteiger charge is -2.07. The van der Waals surface area contributed by atoms with E-state index in [1.54, 1.807) is 6.92 Å². The van der Waals surface area contributed by atoms with E-state index in [1.165, 1.54) is 0 Å². The van der Waals surface area contributed by atoms with E-state index < -0.39 is 13.8 Å². The van der Waals surface area contributed by atoms with E-state index in [-0.39, 0.29) is 12.0 Å².